The summed E-state index contributed by atoms with van der Waals surface area (Å²) >= 11 is 2.78. The number of halogens is 3. The summed E-state index contributed by atoms with van der Waals surface area (Å²) in [4.78, 5) is 23.1. The van der Waals surface area contributed by atoms with Crippen molar-refractivity contribution < 1.29 is 13.6 Å². The maximum Gasteiger partial charge on any atom is 0.267 e. The highest BCUT2D eigenvalue weighted by molar-refractivity contribution is 9.10. The zero-order valence-electron chi connectivity index (χ0n) is 6.18. The highest BCUT2D eigenvalue weighted by atomic mass is 79.9. The predicted molar refractivity (Wildman–Crippen MR) is 45.1 cm³/mol. The molecule has 13 heavy (non-hydrogen) atoms. The third-order valence-electron chi connectivity index (χ3n) is 1.40. The number of carbonyl (C=O) groups is 1. The number of aromatic nitrogens is 1. The molecule has 0 saturated carbocycles. The zero-order chi connectivity index (χ0) is 10.0. The van der Waals surface area contributed by atoms with Gasteiger partial charge in [-0.05, 0) is 0 Å². The van der Waals surface area contributed by atoms with Gasteiger partial charge in [0.2, 0.25) is 5.56 Å². The van der Waals surface area contributed by atoms with Gasteiger partial charge in [-0.1, -0.05) is 15.9 Å². The normalized spacial score (nSPS) is 10.5. The first-order valence-electron chi connectivity index (χ1n) is 3.22. The van der Waals surface area contributed by atoms with Gasteiger partial charge in [0.05, 0.1) is 11.3 Å². The van der Waals surface area contributed by atoms with Crippen molar-refractivity contribution in [1.29, 1.82) is 0 Å². The minimum absolute atomic E-state index is 0.0617. The Bertz CT molecular complexity index is 389. The highest BCUT2D eigenvalue weighted by Gasteiger charge is 2.17. The Kier molecular flexibility index (Phi) is 2.92. The molecule has 0 unspecified atom stereocenters. The first-order chi connectivity index (χ1) is 6.06. The molecule has 0 amide bonds. The van der Waals surface area contributed by atoms with Crippen LogP contribution in [-0.2, 0) is 0 Å². The van der Waals surface area contributed by atoms with Gasteiger partial charge in [-0.2, -0.15) is 0 Å². The fraction of sp³-hybridized carbons (Fsp3) is 0.143. The number of hydrogen-bond donors (Lipinski definition) is 1. The number of alkyl halides is 2. The predicted octanol–water partition coefficient (Wildman–Crippen LogP) is 1.89. The summed E-state index contributed by atoms with van der Waals surface area (Å²) in [6, 6.07) is 0.953. The van der Waals surface area contributed by atoms with Gasteiger partial charge in [0.15, 0.2) is 6.29 Å². The van der Waals surface area contributed by atoms with E-state index in [1.54, 1.807) is 0 Å². The van der Waals surface area contributed by atoms with Crippen molar-refractivity contribution in [1.82, 2.24) is 4.98 Å². The van der Waals surface area contributed by atoms with Gasteiger partial charge in [-0.25, -0.2) is 8.78 Å². The van der Waals surface area contributed by atoms with Gasteiger partial charge in [0.1, 0.15) is 0 Å². The molecule has 0 radical (unpaired) electrons. The van der Waals surface area contributed by atoms with Crippen LogP contribution in [-0.4, -0.2) is 11.3 Å². The third kappa shape index (κ3) is 2.00. The average Bonchev–Trinajstić information content (AvgIpc) is 2.01. The molecule has 0 spiro atoms. The molecular formula is C7H4BrF2NO2. The van der Waals surface area contributed by atoms with Crippen molar-refractivity contribution in [3.8, 4) is 0 Å². The van der Waals surface area contributed by atoms with Crippen LogP contribution >= 0.6 is 15.9 Å². The van der Waals surface area contributed by atoms with E-state index in [2.05, 4.69) is 15.9 Å². The Balaban J connectivity index is 3.47. The number of rotatable bonds is 2. The molecule has 0 aliphatic heterocycles. The molecule has 0 bridgehead atoms. The van der Waals surface area contributed by atoms with Crippen molar-refractivity contribution in [2.45, 2.75) is 6.43 Å². The summed E-state index contributed by atoms with van der Waals surface area (Å²) in [5.41, 5.74) is -1.48. The first-order valence-corrected chi connectivity index (χ1v) is 4.01. The Labute approximate surface area is 79.9 Å². The summed E-state index contributed by atoms with van der Waals surface area (Å²) in [6.07, 6.45) is -2.61. The minimum atomic E-state index is -2.80. The van der Waals surface area contributed by atoms with E-state index >= 15 is 0 Å². The van der Waals surface area contributed by atoms with Crippen molar-refractivity contribution in [3.05, 3.63) is 32.2 Å². The molecule has 3 nitrogen and oxygen atoms in total. The number of pyridine rings is 1. The van der Waals surface area contributed by atoms with Crippen LogP contribution in [0.4, 0.5) is 8.78 Å². The van der Waals surface area contributed by atoms with Crippen LogP contribution in [0.2, 0.25) is 0 Å². The standard InChI is InChI=1S/C7H4BrF2NO2/c8-3-1-5(13)11-4(2-12)6(3)7(9)10/h1-2,7H,(H,11,13). The van der Waals surface area contributed by atoms with Crippen LogP contribution in [0.1, 0.15) is 22.5 Å². The molecule has 0 atom stereocenters. The number of aldehydes is 1. The van der Waals surface area contributed by atoms with Gasteiger partial charge in [-0.15, -0.1) is 0 Å². The molecular weight excluding hydrogens is 248 g/mol. The Morgan fingerprint density at radius 3 is 2.62 bits per heavy atom. The largest absolute Gasteiger partial charge is 0.319 e. The maximum absolute atomic E-state index is 12.3. The van der Waals surface area contributed by atoms with E-state index in [4.69, 9.17) is 0 Å². The zero-order valence-corrected chi connectivity index (χ0v) is 7.77. The van der Waals surface area contributed by atoms with Crippen molar-refractivity contribution in [3.63, 3.8) is 0 Å². The molecule has 0 saturated heterocycles. The molecule has 0 fully saturated rings. The summed E-state index contributed by atoms with van der Waals surface area (Å²) in [6.45, 7) is 0. The van der Waals surface area contributed by atoms with E-state index in [-0.39, 0.29) is 10.8 Å². The van der Waals surface area contributed by atoms with Gasteiger partial charge >= 0.3 is 0 Å². The number of H-pyrrole nitrogens is 1. The Hall–Kier alpha value is -1.04. The highest BCUT2D eigenvalue weighted by Crippen LogP contribution is 2.27. The summed E-state index contributed by atoms with van der Waals surface area (Å²) in [7, 11) is 0. The second-order valence-electron chi connectivity index (χ2n) is 2.23. The Morgan fingerprint density at radius 2 is 2.15 bits per heavy atom. The minimum Gasteiger partial charge on any atom is -0.319 e. The third-order valence-corrected chi connectivity index (χ3v) is 2.06. The Morgan fingerprint density at radius 1 is 1.54 bits per heavy atom. The van der Waals surface area contributed by atoms with Crippen LogP contribution in [0, 0.1) is 0 Å². The SMILES string of the molecule is O=Cc1[nH]c(=O)cc(Br)c1C(F)F. The fourth-order valence-electron chi connectivity index (χ4n) is 0.872. The van der Waals surface area contributed by atoms with E-state index < -0.39 is 23.2 Å². The average molecular weight is 252 g/mol. The van der Waals surface area contributed by atoms with E-state index in [0.29, 0.717) is 0 Å². The van der Waals surface area contributed by atoms with Crippen LogP contribution in [0.5, 0.6) is 0 Å². The number of aromatic amines is 1. The van der Waals surface area contributed by atoms with Gasteiger partial charge in [-0.3, -0.25) is 9.59 Å². The molecule has 0 aliphatic carbocycles. The van der Waals surface area contributed by atoms with Crippen molar-refractivity contribution in [2.75, 3.05) is 0 Å². The van der Waals surface area contributed by atoms with Gasteiger partial charge in [0.25, 0.3) is 6.43 Å². The number of nitrogens with one attached hydrogen (secondary N) is 1. The molecule has 1 heterocycles. The molecule has 1 rings (SSSR count). The van der Waals surface area contributed by atoms with Crippen LogP contribution < -0.4 is 5.56 Å². The smallest absolute Gasteiger partial charge is 0.267 e. The van der Waals surface area contributed by atoms with E-state index in [1.165, 1.54) is 0 Å². The summed E-state index contributed by atoms with van der Waals surface area (Å²) in [5.74, 6) is 0. The molecule has 1 aromatic heterocycles. The molecule has 70 valence electrons. The number of carbonyl (C=O) groups excluding carboxylic acids is 1. The lowest BCUT2D eigenvalue weighted by molar-refractivity contribution is 0.110. The quantitative estimate of drug-likeness (QED) is 0.817. The number of hydrogen-bond acceptors (Lipinski definition) is 2. The summed E-state index contributed by atoms with van der Waals surface area (Å²) in [5, 5.41) is 0. The second kappa shape index (κ2) is 3.78. The molecule has 6 heteroatoms. The summed E-state index contributed by atoms with van der Waals surface area (Å²) < 4.78 is 24.5. The van der Waals surface area contributed by atoms with Crippen LogP contribution in [0.25, 0.3) is 0 Å². The maximum atomic E-state index is 12.3. The van der Waals surface area contributed by atoms with Crippen molar-refractivity contribution in [2.24, 2.45) is 0 Å². The van der Waals surface area contributed by atoms with Gasteiger partial charge in [0, 0.05) is 10.5 Å². The van der Waals surface area contributed by atoms with Gasteiger partial charge < -0.3 is 4.98 Å². The molecule has 0 aliphatic rings. The van der Waals surface area contributed by atoms with Crippen LogP contribution in [0.15, 0.2) is 15.3 Å². The lowest BCUT2D eigenvalue weighted by atomic mass is 10.2. The topological polar surface area (TPSA) is 49.9 Å². The molecule has 0 aromatic carbocycles. The monoisotopic (exact) mass is 251 g/mol. The van der Waals surface area contributed by atoms with E-state index in [0.717, 1.165) is 6.07 Å². The first kappa shape index (κ1) is 10.0. The molecule has 1 N–H and O–H groups in total. The second-order valence-corrected chi connectivity index (χ2v) is 3.08. The van der Waals surface area contributed by atoms with Crippen LogP contribution in [0.3, 0.4) is 0 Å². The fourth-order valence-corrected chi connectivity index (χ4v) is 1.47. The molecule has 1 aromatic rings. The van der Waals surface area contributed by atoms with Crippen molar-refractivity contribution >= 4 is 22.2 Å². The van der Waals surface area contributed by atoms with E-state index in [9.17, 15) is 18.4 Å². The lowest BCUT2D eigenvalue weighted by Crippen LogP contribution is -2.11. The van der Waals surface area contributed by atoms with E-state index in [1.807, 2.05) is 4.98 Å². The lowest BCUT2D eigenvalue weighted by Gasteiger charge is -2.04.